The molecule has 0 amide bonds. The van der Waals surface area contributed by atoms with E-state index in [9.17, 15) is 5.11 Å². The van der Waals surface area contributed by atoms with E-state index in [0.717, 1.165) is 5.69 Å². The molecule has 3 heteroatoms. The predicted molar refractivity (Wildman–Crippen MR) is 57.0 cm³/mol. The molecule has 1 rings (SSSR count). The Morgan fingerprint density at radius 3 is 2.36 bits per heavy atom. The van der Waals surface area contributed by atoms with Gasteiger partial charge in [-0.2, -0.15) is 0 Å². The maximum Gasteiger partial charge on any atom is 0.0803 e. The maximum atomic E-state index is 10.0. The van der Waals surface area contributed by atoms with E-state index in [-0.39, 0.29) is 6.04 Å². The van der Waals surface area contributed by atoms with Crippen molar-refractivity contribution in [3.63, 3.8) is 0 Å². The van der Waals surface area contributed by atoms with Crippen LogP contribution < -0.4 is 0 Å². The van der Waals surface area contributed by atoms with Crippen molar-refractivity contribution in [2.45, 2.75) is 25.5 Å². The quantitative estimate of drug-likeness (QED) is 0.791. The summed E-state index contributed by atoms with van der Waals surface area (Å²) in [7, 11) is 3.88. The first-order chi connectivity index (χ1) is 6.43. The first-order valence-electron chi connectivity index (χ1n) is 4.72. The number of aromatic nitrogens is 1. The van der Waals surface area contributed by atoms with E-state index >= 15 is 0 Å². The highest BCUT2D eigenvalue weighted by atomic mass is 16.3. The van der Waals surface area contributed by atoms with Crippen molar-refractivity contribution in [3.8, 4) is 0 Å². The van der Waals surface area contributed by atoms with Crippen LogP contribution in [0.3, 0.4) is 0 Å². The molecule has 78 valence electrons. The van der Waals surface area contributed by atoms with Gasteiger partial charge in [0.05, 0.1) is 17.3 Å². The van der Waals surface area contributed by atoms with Crippen LogP contribution in [0.5, 0.6) is 0 Å². The van der Waals surface area contributed by atoms with Gasteiger partial charge in [-0.3, -0.25) is 9.88 Å². The Morgan fingerprint density at radius 2 is 2.00 bits per heavy atom. The fourth-order valence-electron chi connectivity index (χ4n) is 1.80. The van der Waals surface area contributed by atoms with Gasteiger partial charge in [0.1, 0.15) is 0 Å². The molecule has 1 N–H and O–H groups in total. The maximum absolute atomic E-state index is 10.0. The smallest absolute Gasteiger partial charge is 0.0803 e. The summed E-state index contributed by atoms with van der Waals surface area (Å²) in [6.07, 6.45) is 1.75. The summed E-state index contributed by atoms with van der Waals surface area (Å²) < 4.78 is 0. The molecule has 3 nitrogen and oxygen atoms in total. The molecule has 0 bridgehead atoms. The first-order valence-corrected chi connectivity index (χ1v) is 4.72. The summed E-state index contributed by atoms with van der Waals surface area (Å²) in [5, 5.41) is 10.0. The molecular formula is C11H18N2O. The second-order valence-corrected chi connectivity index (χ2v) is 4.27. The summed E-state index contributed by atoms with van der Waals surface area (Å²) in [6.45, 7) is 3.60. The average molecular weight is 194 g/mol. The summed E-state index contributed by atoms with van der Waals surface area (Å²) in [5.41, 5.74) is 0.0997. The Labute approximate surface area is 85.4 Å². The topological polar surface area (TPSA) is 36.4 Å². The lowest BCUT2D eigenvalue weighted by Gasteiger charge is -2.34. The zero-order valence-electron chi connectivity index (χ0n) is 9.23. The van der Waals surface area contributed by atoms with Crippen molar-refractivity contribution in [1.82, 2.24) is 9.88 Å². The van der Waals surface area contributed by atoms with Gasteiger partial charge in [-0.15, -0.1) is 0 Å². The fraction of sp³-hybridized carbons (Fsp3) is 0.545. The highest BCUT2D eigenvalue weighted by Crippen LogP contribution is 2.27. The van der Waals surface area contributed by atoms with Crippen molar-refractivity contribution in [2.75, 3.05) is 14.1 Å². The molecule has 0 spiro atoms. The van der Waals surface area contributed by atoms with Gasteiger partial charge < -0.3 is 5.11 Å². The lowest BCUT2D eigenvalue weighted by Crippen LogP contribution is -2.39. The molecule has 1 aromatic rings. The molecule has 1 unspecified atom stereocenters. The number of likely N-dealkylation sites (N-methyl/N-ethyl adjacent to an activating group) is 1. The Bertz CT molecular complexity index is 277. The van der Waals surface area contributed by atoms with E-state index in [1.54, 1.807) is 20.0 Å². The van der Waals surface area contributed by atoms with Crippen LogP contribution in [0.2, 0.25) is 0 Å². The monoisotopic (exact) mass is 194 g/mol. The van der Waals surface area contributed by atoms with E-state index in [0.29, 0.717) is 0 Å². The van der Waals surface area contributed by atoms with Gasteiger partial charge >= 0.3 is 0 Å². The molecule has 1 heterocycles. The van der Waals surface area contributed by atoms with Gasteiger partial charge in [-0.25, -0.2) is 0 Å². The molecule has 0 radical (unpaired) electrons. The van der Waals surface area contributed by atoms with E-state index in [1.165, 1.54) is 0 Å². The van der Waals surface area contributed by atoms with Crippen molar-refractivity contribution in [2.24, 2.45) is 0 Å². The van der Waals surface area contributed by atoms with Crippen LogP contribution in [0.15, 0.2) is 24.4 Å². The minimum absolute atomic E-state index is 0.0799. The number of nitrogens with zero attached hydrogens (tertiary/aromatic N) is 2. The van der Waals surface area contributed by atoms with E-state index in [4.69, 9.17) is 0 Å². The summed E-state index contributed by atoms with van der Waals surface area (Å²) >= 11 is 0. The number of rotatable bonds is 3. The minimum atomic E-state index is -0.794. The van der Waals surface area contributed by atoms with Crippen molar-refractivity contribution >= 4 is 0 Å². The molecule has 0 fully saturated rings. The third-order valence-electron chi connectivity index (χ3n) is 2.15. The van der Waals surface area contributed by atoms with Crippen molar-refractivity contribution in [1.29, 1.82) is 0 Å². The van der Waals surface area contributed by atoms with Crippen LogP contribution in [-0.2, 0) is 0 Å². The van der Waals surface area contributed by atoms with Crippen LogP contribution in [0.1, 0.15) is 25.6 Å². The zero-order valence-corrected chi connectivity index (χ0v) is 9.23. The van der Waals surface area contributed by atoms with Gasteiger partial charge in [0.2, 0.25) is 0 Å². The molecule has 0 aliphatic carbocycles. The van der Waals surface area contributed by atoms with Gasteiger partial charge in [0, 0.05) is 6.20 Å². The lowest BCUT2D eigenvalue weighted by molar-refractivity contribution is -0.00496. The lowest BCUT2D eigenvalue weighted by atomic mass is 9.94. The Kier molecular flexibility index (Phi) is 3.24. The van der Waals surface area contributed by atoms with Crippen LogP contribution >= 0.6 is 0 Å². The summed E-state index contributed by atoms with van der Waals surface area (Å²) in [5.74, 6) is 0. The third-order valence-corrected chi connectivity index (χ3v) is 2.15. The predicted octanol–water partition coefficient (Wildman–Crippen LogP) is 1.46. The molecule has 1 atom stereocenters. The van der Waals surface area contributed by atoms with Gasteiger partial charge in [0.25, 0.3) is 0 Å². The van der Waals surface area contributed by atoms with Crippen molar-refractivity contribution < 1.29 is 5.11 Å². The van der Waals surface area contributed by atoms with E-state index in [2.05, 4.69) is 4.98 Å². The van der Waals surface area contributed by atoms with Gasteiger partial charge in [-0.05, 0) is 40.1 Å². The van der Waals surface area contributed by atoms with Crippen molar-refractivity contribution in [3.05, 3.63) is 30.1 Å². The average Bonchev–Trinajstić information content (AvgIpc) is 2.02. The van der Waals surface area contributed by atoms with E-state index < -0.39 is 5.60 Å². The number of pyridine rings is 1. The SMILES string of the molecule is CN(C)C(c1ccccn1)C(C)(C)O. The highest BCUT2D eigenvalue weighted by Gasteiger charge is 2.30. The Morgan fingerprint density at radius 1 is 1.36 bits per heavy atom. The largest absolute Gasteiger partial charge is 0.388 e. The molecular weight excluding hydrogens is 176 g/mol. The Balaban J connectivity index is 3.02. The summed E-state index contributed by atoms with van der Waals surface area (Å²) in [4.78, 5) is 6.24. The Hall–Kier alpha value is -0.930. The number of aliphatic hydroxyl groups is 1. The minimum Gasteiger partial charge on any atom is -0.388 e. The number of hydrogen-bond acceptors (Lipinski definition) is 3. The molecule has 0 aromatic carbocycles. The summed E-state index contributed by atoms with van der Waals surface area (Å²) in [6, 6.07) is 5.66. The molecule has 0 aliphatic rings. The van der Waals surface area contributed by atoms with Gasteiger partial charge in [-0.1, -0.05) is 6.07 Å². The second-order valence-electron chi connectivity index (χ2n) is 4.27. The van der Waals surface area contributed by atoms with Crippen LogP contribution in [0, 0.1) is 0 Å². The van der Waals surface area contributed by atoms with Crippen LogP contribution in [-0.4, -0.2) is 34.7 Å². The van der Waals surface area contributed by atoms with Crippen LogP contribution in [0.25, 0.3) is 0 Å². The van der Waals surface area contributed by atoms with E-state index in [1.807, 2.05) is 37.2 Å². The molecule has 0 saturated carbocycles. The normalized spacial score (nSPS) is 14.4. The van der Waals surface area contributed by atoms with Gasteiger partial charge in [0.15, 0.2) is 0 Å². The molecule has 0 saturated heterocycles. The van der Waals surface area contributed by atoms with Crippen LogP contribution in [0.4, 0.5) is 0 Å². The second kappa shape index (κ2) is 4.07. The fourth-order valence-corrected chi connectivity index (χ4v) is 1.80. The first kappa shape index (κ1) is 11.1. The highest BCUT2D eigenvalue weighted by molar-refractivity contribution is 5.12. The number of hydrogen-bond donors (Lipinski definition) is 1. The zero-order chi connectivity index (χ0) is 10.8. The standard InChI is InChI=1S/C11H18N2O/c1-11(2,14)10(13(3)4)9-7-5-6-8-12-9/h5-8,10,14H,1-4H3. The molecule has 1 aromatic heterocycles. The molecule has 0 aliphatic heterocycles. The molecule has 14 heavy (non-hydrogen) atoms. The third kappa shape index (κ3) is 2.53.